The van der Waals surface area contributed by atoms with Crippen LogP contribution in [-0.4, -0.2) is 34.8 Å². The van der Waals surface area contributed by atoms with Gasteiger partial charge in [-0.15, -0.1) is 0 Å². The number of ketones is 2. The van der Waals surface area contributed by atoms with E-state index in [0.29, 0.717) is 22.7 Å². The molecular formula is C34H32N6O4. The molecule has 0 aliphatic rings. The number of anilines is 4. The summed E-state index contributed by atoms with van der Waals surface area (Å²) in [5, 5.41) is 13.5. The zero-order valence-electron chi connectivity index (χ0n) is 24.8. The minimum atomic E-state index is -0.605. The van der Waals surface area contributed by atoms with Crippen LogP contribution >= 0.6 is 0 Å². The summed E-state index contributed by atoms with van der Waals surface area (Å²) >= 11 is 0. The largest absolute Gasteiger partial charge is 0.320 e. The lowest BCUT2D eigenvalue weighted by Gasteiger charge is -2.12. The highest BCUT2D eigenvalue weighted by molar-refractivity contribution is 6.67. The van der Waals surface area contributed by atoms with Crippen LogP contribution in [-0.2, 0) is 19.2 Å². The van der Waals surface area contributed by atoms with Gasteiger partial charge in [0, 0.05) is 25.2 Å². The number of carbonyl (C=O) groups excluding carboxylic acids is 4. The lowest BCUT2D eigenvalue weighted by Crippen LogP contribution is -2.29. The molecule has 0 saturated heterocycles. The second-order valence-corrected chi connectivity index (χ2v) is 9.96. The van der Waals surface area contributed by atoms with Gasteiger partial charge < -0.3 is 10.6 Å². The van der Waals surface area contributed by atoms with Crippen LogP contribution < -0.4 is 21.5 Å². The van der Waals surface area contributed by atoms with Gasteiger partial charge in [-0.25, -0.2) is 0 Å². The second kappa shape index (κ2) is 14.3. The molecule has 0 aromatic heterocycles. The van der Waals surface area contributed by atoms with E-state index in [1.54, 1.807) is 48.5 Å². The predicted molar refractivity (Wildman–Crippen MR) is 175 cm³/mol. The number of hydrazone groups is 2. The smallest absolute Gasteiger partial charge is 0.279 e. The summed E-state index contributed by atoms with van der Waals surface area (Å²) in [5.74, 6) is -2.15. The van der Waals surface area contributed by atoms with Crippen LogP contribution in [0.15, 0.2) is 107 Å². The Morgan fingerprint density at radius 2 is 0.886 bits per heavy atom. The number of rotatable bonds is 11. The zero-order chi connectivity index (χ0) is 31.6. The van der Waals surface area contributed by atoms with E-state index in [0.717, 1.165) is 22.3 Å². The van der Waals surface area contributed by atoms with Crippen LogP contribution in [0.3, 0.4) is 0 Å². The molecule has 4 aromatic carbocycles. The third-order valence-corrected chi connectivity index (χ3v) is 6.52. The molecule has 0 radical (unpaired) electrons. The minimum Gasteiger partial charge on any atom is -0.320 e. The van der Waals surface area contributed by atoms with E-state index in [9.17, 15) is 19.2 Å². The van der Waals surface area contributed by atoms with E-state index in [4.69, 9.17) is 0 Å². The second-order valence-electron chi connectivity index (χ2n) is 9.96. The van der Waals surface area contributed by atoms with Crippen molar-refractivity contribution in [1.82, 2.24) is 0 Å². The summed E-state index contributed by atoms with van der Waals surface area (Å²) in [6.07, 6.45) is 0. The van der Waals surface area contributed by atoms with Gasteiger partial charge in [-0.2, -0.15) is 10.2 Å². The van der Waals surface area contributed by atoms with Crippen LogP contribution in [0.1, 0.15) is 25.0 Å². The third-order valence-electron chi connectivity index (χ3n) is 6.52. The first-order valence-corrected chi connectivity index (χ1v) is 13.8. The van der Waals surface area contributed by atoms with E-state index in [1.807, 2.05) is 62.4 Å². The molecule has 0 unspecified atom stereocenters. The number of hydrogen-bond donors (Lipinski definition) is 4. The SMILES string of the molecule is CC(=O)/C(=N/Nc1ccc(-c2ccc(N/N=C(/C(C)=O)C(=O)Nc3ccccc3)c(C)c2)cc1C)C(=O)Nc1ccccc1. The Balaban J connectivity index is 1.46. The van der Waals surface area contributed by atoms with Crippen molar-refractivity contribution in [1.29, 1.82) is 0 Å². The highest BCUT2D eigenvalue weighted by Gasteiger charge is 2.18. The Morgan fingerprint density at radius 3 is 1.20 bits per heavy atom. The Hall–Kier alpha value is -5.90. The van der Waals surface area contributed by atoms with Crippen molar-refractivity contribution in [3.63, 3.8) is 0 Å². The Morgan fingerprint density at radius 1 is 0.523 bits per heavy atom. The fraction of sp³-hybridized carbons (Fsp3) is 0.118. The molecule has 44 heavy (non-hydrogen) atoms. The molecule has 4 aromatic rings. The van der Waals surface area contributed by atoms with Crippen molar-refractivity contribution < 1.29 is 19.2 Å². The van der Waals surface area contributed by atoms with Crippen molar-refractivity contribution in [2.75, 3.05) is 21.5 Å². The van der Waals surface area contributed by atoms with E-state index in [1.165, 1.54) is 13.8 Å². The fourth-order valence-electron chi connectivity index (χ4n) is 4.17. The van der Waals surface area contributed by atoms with Crippen molar-refractivity contribution in [2.45, 2.75) is 27.7 Å². The number of benzene rings is 4. The molecule has 4 N–H and O–H groups in total. The average molecular weight is 589 g/mol. The number of para-hydroxylation sites is 2. The van der Waals surface area contributed by atoms with Crippen molar-refractivity contribution >= 4 is 57.6 Å². The minimum absolute atomic E-state index is 0.246. The molecule has 4 rings (SSSR count). The maximum absolute atomic E-state index is 12.6. The molecule has 0 aliphatic carbocycles. The topological polar surface area (TPSA) is 141 Å². The van der Waals surface area contributed by atoms with Crippen LogP contribution in [0.25, 0.3) is 11.1 Å². The normalized spacial score (nSPS) is 11.4. The molecule has 2 amide bonds. The van der Waals surface area contributed by atoms with E-state index < -0.39 is 23.4 Å². The Labute approximate surface area is 255 Å². The van der Waals surface area contributed by atoms with E-state index in [2.05, 4.69) is 31.7 Å². The lowest BCUT2D eigenvalue weighted by molar-refractivity contribution is -0.116. The summed E-state index contributed by atoms with van der Waals surface area (Å²) in [6, 6.07) is 29.0. The molecule has 10 nitrogen and oxygen atoms in total. The first-order chi connectivity index (χ1) is 21.1. The van der Waals surface area contributed by atoms with Crippen LogP contribution in [0, 0.1) is 13.8 Å². The van der Waals surface area contributed by atoms with E-state index in [-0.39, 0.29) is 11.4 Å². The van der Waals surface area contributed by atoms with Crippen LogP contribution in [0.5, 0.6) is 0 Å². The number of hydrogen-bond acceptors (Lipinski definition) is 8. The fourth-order valence-corrected chi connectivity index (χ4v) is 4.17. The molecule has 0 atom stereocenters. The number of carbonyl (C=O) groups is 4. The summed E-state index contributed by atoms with van der Waals surface area (Å²) in [6.45, 7) is 6.35. The van der Waals surface area contributed by atoms with Gasteiger partial charge in [-0.3, -0.25) is 30.0 Å². The van der Waals surface area contributed by atoms with Crippen LogP contribution in [0.4, 0.5) is 22.7 Å². The maximum atomic E-state index is 12.6. The highest BCUT2D eigenvalue weighted by Crippen LogP contribution is 2.28. The third kappa shape index (κ3) is 8.10. The molecule has 0 fully saturated rings. The Bertz CT molecular complexity index is 1630. The van der Waals surface area contributed by atoms with E-state index >= 15 is 0 Å². The van der Waals surface area contributed by atoms with Gasteiger partial charge in [0.15, 0.2) is 23.0 Å². The van der Waals surface area contributed by atoms with Crippen LogP contribution in [0.2, 0.25) is 0 Å². The van der Waals surface area contributed by atoms with Crippen molar-refractivity contribution in [3.05, 3.63) is 108 Å². The van der Waals surface area contributed by atoms with Crippen molar-refractivity contribution in [2.24, 2.45) is 10.2 Å². The van der Waals surface area contributed by atoms with Gasteiger partial charge >= 0.3 is 0 Å². The summed E-state index contributed by atoms with van der Waals surface area (Å²) in [4.78, 5) is 49.5. The number of Topliss-reactive ketones (excluding diaryl/α,β-unsaturated/α-hetero) is 2. The zero-order valence-corrected chi connectivity index (χ0v) is 24.8. The molecule has 0 spiro atoms. The van der Waals surface area contributed by atoms with Gasteiger partial charge in [-0.05, 0) is 84.6 Å². The maximum Gasteiger partial charge on any atom is 0.279 e. The molecular weight excluding hydrogens is 556 g/mol. The summed E-state index contributed by atoms with van der Waals surface area (Å²) < 4.78 is 0. The number of aryl methyl sites for hydroxylation is 2. The Kier molecular flexibility index (Phi) is 10.1. The number of nitrogens with one attached hydrogen (secondary N) is 4. The number of amides is 2. The molecule has 0 bridgehead atoms. The van der Waals surface area contributed by atoms with Gasteiger partial charge in [0.2, 0.25) is 0 Å². The molecule has 0 heterocycles. The summed E-state index contributed by atoms with van der Waals surface area (Å²) in [5.41, 5.74) is 11.1. The quantitative estimate of drug-likeness (QED) is 0.0968. The molecule has 10 heteroatoms. The molecule has 0 aliphatic heterocycles. The summed E-state index contributed by atoms with van der Waals surface area (Å²) in [7, 11) is 0. The standard InChI is InChI=1S/C34H32N6O4/c1-21-19-25(15-17-29(21)37-39-31(23(3)41)33(43)35-27-11-7-5-8-12-27)26-16-18-30(22(2)20-26)38-40-32(24(4)42)34(44)36-28-13-9-6-10-14-28/h5-20,37-38H,1-4H3,(H,35,43)(H,36,44)/b39-31-,40-32-. The lowest BCUT2D eigenvalue weighted by atomic mass is 10.00. The van der Waals surface area contributed by atoms with Gasteiger partial charge in [0.1, 0.15) is 0 Å². The first kappa shape index (κ1) is 31.0. The average Bonchev–Trinajstić information content (AvgIpc) is 2.99. The molecule has 222 valence electrons. The van der Waals surface area contributed by atoms with Gasteiger partial charge in [-0.1, -0.05) is 48.5 Å². The van der Waals surface area contributed by atoms with Crippen molar-refractivity contribution in [3.8, 4) is 11.1 Å². The monoisotopic (exact) mass is 588 g/mol. The first-order valence-electron chi connectivity index (χ1n) is 13.8. The molecule has 0 saturated carbocycles. The number of nitrogens with zero attached hydrogens (tertiary/aromatic N) is 2. The van der Waals surface area contributed by atoms with Gasteiger partial charge in [0.05, 0.1) is 11.4 Å². The van der Waals surface area contributed by atoms with Gasteiger partial charge in [0.25, 0.3) is 11.8 Å². The highest BCUT2D eigenvalue weighted by atomic mass is 16.2. The predicted octanol–water partition coefficient (Wildman–Crippen LogP) is 5.96.